The highest BCUT2D eigenvalue weighted by molar-refractivity contribution is 5.40. The Balaban J connectivity index is 2.47. The second-order valence-corrected chi connectivity index (χ2v) is 6.26. The molecule has 2 aromatic rings. The molecule has 21 heavy (non-hydrogen) atoms. The lowest BCUT2D eigenvalue weighted by molar-refractivity contribution is 0.417. The molecular weight excluding hydrogens is 254 g/mol. The summed E-state index contributed by atoms with van der Waals surface area (Å²) in [4.78, 5) is 0. The van der Waals surface area contributed by atoms with Crippen LogP contribution in [0.5, 0.6) is 0 Å². The minimum absolute atomic E-state index is 0.0338. The lowest BCUT2D eigenvalue weighted by atomic mass is 9.72. The molecule has 0 amide bonds. The average molecular weight is 281 g/mol. The summed E-state index contributed by atoms with van der Waals surface area (Å²) < 4.78 is 0. The lowest BCUT2D eigenvalue weighted by Crippen LogP contribution is -2.37. The van der Waals surface area contributed by atoms with Crippen molar-refractivity contribution in [1.82, 2.24) is 0 Å². The van der Waals surface area contributed by atoms with Gasteiger partial charge in [-0.15, -0.1) is 0 Å². The standard InChI is InChI=1S/C20H27N/c1-5-20(14-21,18-9-7-6-8-10-18)13-19-16(3)11-15(2)12-17(19)4/h6-12H,5,13-14,21H2,1-4H3. The fourth-order valence-electron chi connectivity index (χ4n) is 3.38. The van der Waals surface area contributed by atoms with Crippen LogP contribution in [0.3, 0.4) is 0 Å². The number of hydrogen-bond donors (Lipinski definition) is 1. The Bertz CT molecular complexity index is 571. The van der Waals surface area contributed by atoms with E-state index < -0.39 is 0 Å². The molecule has 1 atom stereocenters. The fourth-order valence-corrected chi connectivity index (χ4v) is 3.38. The van der Waals surface area contributed by atoms with Gasteiger partial charge in [-0.1, -0.05) is 55.0 Å². The quantitative estimate of drug-likeness (QED) is 0.860. The second kappa shape index (κ2) is 6.44. The van der Waals surface area contributed by atoms with Gasteiger partial charge in [-0.05, 0) is 55.9 Å². The third-order valence-electron chi connectivity index (χ3n) is 4.81. The molecule has 0 saturated heterocycles. The predicted molar refractivity (Wildman–Crippen MR) is 91.8 cm³/mol. The van der Waals surface area contributed by atoms with Crippen molar-refractivity contribution in [2.24, 2.45) is 5.73 Å². The summed E-state index contributed by atoms with van der Waals surface area (Å²) in [6.45, 7) is 9.53. The van der Waals surface area contributed by atoms with Crippen LogP contribution >= 0.6 is 0 Å². The first-order valence-electron chi connectivity index (χ1n) is 7.84. The van der Waals surface area contributed by atoms with E-state index in [2.05, 4.69) is 70.2 Å². The van der Waals surface area contributed by atoms with Gasteiger partial charge < -0.3 is 5.73 Å². The van der Waals surface area contributed by atoms with E-state index in [1.165, 1.54) is 27.8 Å². The number of aryl methyl sites for hydroxylation is 3. The van der Waals surface area contributed by atoms with Gasteiger partial charge in [0.25, 0.3) is 0 Å². The van der Waals surface area contributed by atoms with Crippen LogP contribution in [0.1, 0.15) is 41.2 Å². The van der Waals surface area contributed by atoms with Gasteiger partial charge in [0.1, 0.15) is 0 Å². The molecule has 0 bridgehead atoms. The number of nitrogens with two attached hydrogens (primary N) is 1. The summed E-state index contributed by atoms with van der Waals surface area (Å²) in [6, 6.07) is 15.3. The van der Waals surface area contributed by atoms with Crippen molar-refractivity contribution in [2.75, 3.05) is 6.54 Å². The largest absolute Gasteiger partial charge is 0.330 e. The van der Waals surface area contributed by atoms with Gasteiger partial charge in [0.15, 0.2) is 0 Å². The Kier molecular flexibility index (Phi) is 4.84. The topological polar surface area (TPSA) is 26.0 Å². The van der Waals surface area contributed by atoms with E-state index in [-0.39, 0.29) is 5.41 Å². The third kappa shape index (κ3) is 3.19. The molecule has 2 rings (SSSR count). The minimum Gasteiger partial charge on any atom is -0.330 e. The van der Waals surface area contributed by atoms with E-state index in [0.29, 0.717) is 6.54 Å². The van der Waals surface area contributed by atoms with Gasteiger partial charge in [-0.2, -0.15) is 0 Å². The normalized spacial score (nSPS) is 14.0. The monoisotopic (exact) mass is 281 g/mol. The van der Waals surface area contributed by atoms with E-state index in [4.69, 9.17) is 5.73 Å². The summed E-state index contributed by atoms with van der Waals surface area (Å²) >= 11 is 0. The second-order valence-electron chi connectivity index (χ2n) is 6.26. The Hall–Kier alpha value is -1.60. The molecule has 2 N–H and O–H groups in total. The number of rotatable bonds is 5. The van der Waals surface area contributed by atoms with Crippen LogP contribution in [0, 0.1) is 20.8 Å². The molecule has 0 aromatic heterocycles. The molecule has 1 nitrogen and oxygen atoms in total. The van der Waals surface area contributed by atoms with Crippen molar-refractivity contribution < 1.29 is 0 Å². The molecule has 0 aliphatic heterocycles. The number of hydrogen-bond acceptors (Lipinski definition) is 1. The zero-order valence-electron chi connectivity index (χ0n) is 13.7. The Morgan fingerprint density at radius 3 is 2.00 bits per heavy atom. The smallest absolute Gasteiger partial charge is 0.0113 e. The van der Waals surface area contributed by atoms with E-state index in [1.54, 1.807) is 0 Å². The van der Waals surface area contributed by atoms with Crippen molar-refractivity contribution in [2.45, 2.75) is 46.0 Å². The van der Waals surface area contributed by atoms with Gasteiger partial charge >= 0.3 is 0 Å². The van der Waals surface area contributed by atoms with Gasteiger partial charge in [-0.3, -0.25) is 0 Å². The molecule has 0 spiro atoms. The molecule has 0 saturated carbocycles. The zero-order valence-corrected chi connectivity index (χ0v) is 13.7. The van der Waals surface area contributed by atoms with E-state index in [9.17, 15) is 0 Å². The molecule has 1 heteroatoms. The summed E-state index contributed by atoms with van der Waals surface area (Å²) in [5.74, 6) is 0. The van der Waals surface area contributed by atoms with Gasteiger partial charge in [0.05, 0.1) is 0 Å². The first kappa shape index (κ1) is 15.8. The maximum Gasteiger partial charge on any atom is 0.0113 e. The first-order valence-corrected chi connectivity index (χ1v) is 7.84. The Labute approximate surface area is 129 Å². The van der Waals surface area contributed by atoms with Crippen molar-refractivity contribution in [1.29, 1.82) is 0 Å². The Morgan fingerprint density at radius 2 is 1.52 bits per heavy atom. The SMILES string of the molecule is CCC(CN)(Cc1c(C)cc(C)cc1C)c1ccccc1. The van der Waals surface area contributed by atoms with Crippen LogP contribution in [-0.2, 0) is 11.8 Å². The molecule has 0 aliphatic rings. The van der Waals surface area contributed by atoms with Crippen molar-refractivity contribution in [3.8, 4) is 0 Å². The van der Waals surface area contributed by atoms with E-state index >= 15 is 0 Å². The van der Waals surface area contributed by atoms with Crippen LogP contribution in [-0.4, -0.2) is 6.54 Å². The molecular formula is C20H27N. The van der Waals surface area contributed by atoms with E-state index in [0.717, 1.165) is 12.8 Å². The van der Waals surface area contributed by atoms with Crippen LogP contribution in [0.4, 0.5) is 0 Å². The first-order chi connectivity index (χ1) is 10.0. The van der Waals surface area contributed by atoms with Crippen LogP contribution in [0.25, 0.3) is 0 Å². The van der Waals surface area contributed by atoms with Crippen molar-refractivity contribution in [3.05, 3.63) is 70.3 Å². The van der Waals surface area contributed by atoms with E-state index in [1.807, 2.05) is 0 Å². The maximum atomic E-state index is 6.23. The molecule has 0 heterocycles. The van der Waals surface area contributed by atoms with Gasteiger partial charge in [0.2, 0.25) is 0 Å². The fraction of sp³-hybridized carbons (Fsp3) is 0.400. The summed E-state index contributed by atoms with van der Waals surface area (Å²) in [5.41, 5.74) is 13.2. The van der Waals surface area contributed by atoms with Crippen molar-refractivity contribution in [3.63, 3.8) is 0 Å². The summed E-state index contributed by atoms with van der Waals surface area (Å²) in [5, 5.41) is 0. The summed E-state index contributed by atoms with van der Waals surface area (Å²) in [6.07, 6.45) is 2.07. The van der Waals surface area contributed by atoms with Crippen molar-refractivity contribution >= 4 is 0 Å². The minimum atomic E-state index is 0.0338. The molecule has 1 unspecified atom stereocenters. The zero-order chi connectivity index (χ0) is 15.5. The molecule has 0 fully saturated rings. The highest BCUT2D eigenvalue weighted by Crippen LogP contribution is 2.33. The molecule has 2 aromatic carbocycles. The highest BCUT2D eigenvalue weighted by atomic mass is 14.6. The average Bonchev–Trinajstić information content (AvgIpc) is 2.48. The third-order valence-corrected chi connectivity index (χ3v) is 4.81. The van der Waals surface area contributed by atoms with Crippen LogP contribution in [0.2, 0.25) is 0 Å². The lowest BCUT2D eigenvalue weighted by Gasteiger charge is -2.33. The maximum absolute atomic E-state index is 6.23. The Morgan fingerprint density at radius 1 is 0.952 bits per heavy atom. The van der Waals surface area contributed by atoms with Crippen LogP contribution in [0.15, 0.2) is 42.5 Å². The number of benzene rings is 2. The van der Waals surface area contributed by atoms with Gasteiger partial charge in [0, 0.05) is 12.0 Å². The van der Waals surface area contributed by atoms with Gasteiger partial charge in [-0.25, -0.2) is 0 Å². The molecule has 112 valence electrons. The van der Waals surface area contributed by atoms with Crippen LogP contribution < -0.4 is 5.73 Å². The summed E-state index contributed by atoms with van der Waals surface area (Å²) in [7, 11) is 0. The highest BCUT2D eigenvalue weighted by Gasteiger charge is 2.30. The predicted octanol–water partition coefficient (Wildman–Crippen LogP) is 4.46. The molecule has 0 radical (unpaired) electrons. The molecule has 0 aliphatic carbocycles.